The molecule has 0 bridgehead atoms. The van der Waals surface area contributed by atoms with E-state index in [-0.39, 0.29) is 11.7 Å². The van der Waals surface area contributed by atoms with Gasteiger partial charge in [0.25, 0.3) is 0 Å². The lowest BCUT2D eigenvalue weighted by atomic mass is 9.97. The molecule has 166 valence electrons. The van der Waals surface area contributed by atoms with E-state index >= 15 is 0 Å². The molecule has 4 rings (SSSR count). The summed E-state index contributed by atoms with van der Waals surface area (Å²) in [6.45, 7) is 2.67. The van der Waals surface area contributed by atoms with Crippen molar-refractivity contribution in [2.75, 3.05) is 11.1 Å². The quantitative estimate of drug-likeness (QED) is 0.436. The van der Waals surface area contributed by atoms with Gasteiger partial charge in [0, 0.05) is 17.0 Å². The number of nitriles is 1. The summed E-state index contributed by atoms with van der Waals surface area (Å²) in [4.78, 5) is 14.0. The number of hydrogen-bond donors (Lipinski definition) is 1. The van der Waals surface area contributed by atoms with Crippen molar-refractivity contribution in [3.8, 4) is 17.5 Å². The molecule has 2 heterocycles. The number of carbonyl (C=O) groups excluding carboxylic acids is 1. The predicted octanol–water partition coefficient (Wildman–Crippen LogP) is 5.94. The highest BCUT2D eigenvalue weighted by Crippen LogP contribution is 2.37. The number of thioether (sulfide) groups is 1. The number of thiophene rings is 1. The van der Waals surface area contributed by atoms with Crippen LogP contribution in [0, 0.1) is 11.3 Å². The molecule has 0 saturated heterocycles. The van der Waals surface area contributed by atoms with Crippen molar-refractivity contribution < 1.29 is 4.79 Å². The molecule has 1 amide bonds. The second kappa shape index (κ2) is 10.5. The van der Waals surface area contributed by atoms with Crippen LogP contribution in [-0.2, 0) is 24.2 Å². The lowest BCUT2D eigenvalue weighted by Crippen LogP contribution is -2.14. The molecular weight excluding hydrogens is 462 g/mol. The van der Waals surface area contributed by atoms with Gasteiger partial charge < -0.3 is 9.88 Å². The molecule has 0 radical (unpaired) electrons. The predicted molar refractivity (Wildman–Crippen MR) is 130 cm³/mol. The summed E-state index contributed by atoms with van der Waals surface area (Å²) < 4.78 is 1.96. The third-order valence-electron chi connectivity index (χ3n) is 5.52. The molecule has 0 atom stereocenters. The molecule has 0 unspecified atom stereocenters. The number of rotatable bonds is 6. The van der Waals surface area contributed by atoms with Crippen LogP contribution in [0.25, 0.3) is 11.4 Å². The van der Waals surface area contributed by atoms with Crippen LogP contribution < -0.4 is 5.32 Å². The monoisotopic (exact) mass is 485 g/mol. The maximum atomic E-state index is 12.7. The van der Waals surface area contributed by atoms with Crippen molar-refractivity contribution in [3.05, 3.63) is 45.3 Å². The Morgan fingerprint density at radius 3 is 2.78 bits per heavy atom. The Balaban J connectivity index is 1.47. The van der Waals surface area contributed by atoms with Gasteiger partial charge in [0.15, 0.2) is 11.0 Å². The summed E-state index contributed by atoms with van der Waals surface area (Å²) in [5.74, 6) is 0.727. The summed E-state index contributed by atoms with van der Waals surface area (Å²) in [5.41, 5.74) is 2.59. The molecule has 0 spiro atoms. The van der Waals surface area contributed by atoms with Gasteiger partial charge in [-0.1, -0.05) is 48.3 Å². The molecule has 1 aliphatic rings. The highest BCUT2D eigenvalue weighted by Gasteiger charge is 2.21. The molecule has 0 fully saturated rings. The third kappa shape index (κ3) is 4.85. The number of aryl methyl sites for hydroxylation is 1. The molecule has 0 aliphatic heterocycles. The molecule has 0 saturated carbocycles. The number of aromatic nitrogens is 3. The van der Waals surface area contributed by atoms with E-state index in [1.807, 2.05) is 35.8 Å². The normalized spacial score (nSPS) is 13.7. The second-order valence-corrected chi connectivity index (χ2v) is 10.1. The van der Waals surface area contributed by atoms with E-state index in [1.165, 1.54) is 29.5 Å². The first-order valence-corrected chi connectivity index (χ1v) is 13.0. The zero-order chi connectivity index (χ0) is 22.5. The van der Waals surface area contributed by atoms with E-state index in [1.54, 1.807) is 11.3 Å². The Morgan fingerprint density at radius 1 is 1.25 bits per heavy atom. The van der Waals surface area contributed by atoms with Gasteiger partial charge in [-0.25, -0.2) is 0 Å². The molecular formula is C23H24ClN5OS2. The highest BCUT2D eigenvalue weighted by molar-refractivity contribution is 7.99. The summed E-state index contributed by atoms with van der Waals surface area (Å²) in [5, 5.41) is 23.2. The SMILES string of the molecule is CCn1c(SCC(=O)Nc2sc3c(c2C#N)CCCCCC3)nnc1-c1ccccc1Cl. The van der Waals surface area contributed by atoms with Crippen molar-refractivity contribution in [2.24, 2.45) is 0 Å². The number of benzene rings is 1. The van der Waals surface area contributed by atoms with Gasteiger partial charge in [0.05, 0.1) is 16.3 Å². The van der Waals surface area contributed by atoms with Crippen LogP contribution in [0.4, 0.5) is 5.00 Å². The number of amides is 1. The average Bonchev–Trinajstić information content (AvgIpc) is 3.32. The molecule has 9 heteroatoms. The first-order chi connectivity index (χ1) is 15.6. The molecule has 6 nitrogen and oxygen atoms in total. The van der Waals surface area contributed by atoms with E-state index in [2.05, 4.69) is 21.6 Å². The average molecular weight is 486 g/mol. The van der Waals surface area contributed by atoms with Gasteiger partial charge >= 0.3 is 0 Å². The van der Waals surface area contributed by atoms with Gasteiger partial charge in [-0.05, 0) is 50.3 Å². The minimum atomic E-state index is -0.148. The summed E-state index contributed by atoms with van der Waals surface area (Å²) in [6.07, 6.45) is 6.58. The third-order valence-corrected chi connectivity index (χ3v) is 8.02. The van der Waals surface area contributed by atoms with Crippen LogP contribution in [0.2, 0.25) is 5.02 Å². The van der Waals surface area contributed by atoms with Gasteiger partial charge in [-0.15, -0.1) is 21.5 Å². The van der Waals surface area contributed by atoms with Crippen molar-refractivity contribution in [2.45, 2.75) is 57.1 Å². The number of hydrogen-bond acceptors (Lipinski definition) is 6. The number of anilines is 1. The molecule has 2 aromatic heterocycles. The fourth-order valence-electron chi connectivity index (χ4n) is 3.94. The van der Waals surface area contributed by atoms with E-state index in [4.69, 9.17) is 11.6 Å². The molecule has 3 aromatic rings. The summed E-state index contributed by atoms with van der Waals surface area (Å²) in [6, 6.07) is 9.84. The van der Waals surface area contributed by atoms with Crippen molar-refractivity contribution >= 4 is 45.6 Å². The molecule has 1 aromatic carbocycles. The molecule has 1 N–H and O–H groups in total. The van der Waals surface area contributed by atoms with E-state index in [0.29, 0.717) is 33.1 Å². The first-order valence-electron chi connectivity index (χ1n) is 10.8. The van der Waals surface area contributed by atoms with Crippen LogP contribution in [0.15, 0.2) is 29.4 Å². The zero-order valence-corrected chi connectivity index (χ0v) is 20.2. The van der Waals surface area contributed by atoms with Crippen LogP contribution in [0.1, 0.15) is 48.6 Å². The van der Waals surface area contributed by atoms with Gasteiger partial charge in [-0.3, -0.25) is 4.79 Å². The number of carbonyl (C=O) groups is 1. The number of halogens is 1. The standard InChI is InChI=1S/C23H24ClN5OS2/c1-2-29-21(16-10-7-8-11-18(16)24)27-28-23(29)31-14-20(30)26-22-17(13-25)15-9-5-3-4-6-12-19(15)32-22/h7-8,10-11H,2-6,9,12,14H2,1H3,(H,26,30). The highest BCUT2D eigenvalue weighted by atomic mass is 35.5. The minimum absolute atomic E-state index is 0.148. The Hall–Kier alpha value is -2.34. The van der Waals surface area contributed by atoms with Gasteiger partial charge in [0.1, 0.15) is 11.1 Å². The number of fused-ring (bicyclic) bond motifs is 1. The Labute approximate surface area is 201 Å². The summed E-state index contributed by atoms with van der Waals surface area (Å²) >= 11 is 9.22. The number of nitrogens with one attached hydrogen (secondary N) is 1. The fraction of sp³-hybridized carbons (Fsp3) is 0.391. The Morgan fingerprint density at radius 2 is 2.03 bits per heavy atom. The summed E-state index contributed by atoms with van der Waals surface area (Å²) in [7, 11) is 0. The maximum absolute atomic E-state index is 12.7. The van der Waals surface area contributed by atoms with E-state index in [0.717, 1.165) is 36.8 Å². The van der Waals surface area contributed by atoms with E-state index in [9.17, 15) is 10.1 Å². The fourth-order valence-corrected chi connectivity index (χ4v) is 6.22. The Kier molecular flexibility index (Phi) is 7.51. The maximum Gasteiger partial charge on any atom is 0.235 e. The smallest absolute Gasteiger partial charge is 0.235 e. The lowest BCUT2D eigenvalue weighted by molar-refractivity contribution is -0.113. The second-order valence-electron chi connectivity index (χ2n) is 7.60. The zero-order valence-electron chi connectivity index (χ0n) is 17.9. The number of nitrogens with zero attached hydrogens (tertiary/aromatic N) is 4. The largest absolute Gasteiger partial charge is 0.316 e. The van der Waals surface area contributed by atoms with Crippen LogP contribution in [-0.4, -0.2) is 26.4 Å². The van der Waals surface area contributed by atoms with E-state index < -0.39 is 0 Å². The van der Waals surface area contributed by atoms with Gasteiger partial charge in [0.2, 0.25) is 5.91 Å². The Bertz CT molecular complexity index is 1160. The van der Waals surface area contributed by atoms with Crippen LogP contribution >= 0.6 is 34.7 Å². The minimum Gasteiger partial charge on any atom is -0.316 e. The first kappa shape index (κ1) is 22.8. The molecule has 32 heavy (non-hydrogen) atoms. The van der Waals surface area contributed by atoms with Crippen LogP contribution in [0.3, 0.4) is 0 Å². The van der Waals surface area contributed by atoms with Crippen LogP contribution in [0.5, 0.6) is 0 Å². The van der Waals surface area contributed by atoms with Crippen molar-refractivity contribution in [1.82, 2.24) is 14.8 Å². The van der Waals surface area contributed by atoms with Crippen molar-refractivity contribution in [3.63, 3.8) is 0 Å². The van der Waals surface area contributed by atoms with Crippen molar-refractivity contribution in [1.29, 1.82) is 5.26 Å². The lowest BCUT2D eigenvalue weighted by Gasteiger charge is -2.09. The topological polar surface area (TPSA) is 83.6 Å². The molecule has 1 aliphatic carbocycles. The van der Waals surface area contributed by atoms with Gasteiger partial charge in [-0.2, -0.15) is 5.26 Å².